The van der Waals surface area contributed by atoms with Crippen LogP contribution in [0.5, 0.6) is 0 Å². The molecule has 0 saturated heterocycles. The molecule has 2 aromatic rings. The molecule has 1 aliphatic rings. The molecule has 0 bridgehead atoms. The third kappa shape index (κ3) is 1.80. The maximum atomic E-state index is 12.2. The zero-order valence-corrected chi connectivity index (χ0v) is 9.17. The zero-order chi connectivity index (χ0) is 11.7. The summed E-state index contributed by atoms with van der Waals surface area (Å²) in [6, 6.07) is 7.70. The van der Waals surface area contributed by atoms with Crippen molar-refractivity contribution in [3.05, 3.63) is 47.6 Å². The Morgan fingerprint density at radius 1 is 1.35 bits per heavy atom. The SMILES string of the molecule is O=C1c2ccccc2CCN1Cc1ncon1. The fourth-order valence-electron chi connectivity index (χ4n) is 2.06. The van der Waals surface area contributed by atoms with Crippen LogP contribution in [0.15, 0.2) is 35.2 Å². The van der Waals surface area contributed by atoms with E-state index < -0.39 is 0 Å². The Hall–Kier alpha value is -2.17. The second-order valence-corrected chi connectivity index (χ2v) is 3.98. The number of hydrogen-bond donors (Lipinski definition) is 0. The Balaban J connectivity index is 1.84. The van der Waals surface area contributed by atoms with Crippen molar-refractivity contribution >= 4 is 5.91 Å². The van der Waals surface area contributed by atoms with E-state index in [1.165, 1.54) is 6.39 Å². The van der Waals surface area contributed by atoms with Gasteiger partial charge in [0.25, 0.3) is 5.91 Å². The van der Waals surface area contributed by atoms with Gasteiger partial charge in [-0.05, 0) is 18.1 Å². The summed E-state index contributed by atoms with van der Waals surface area (Å²) in [5.74, 6) is 0.578. The third-order valence-corrected chi connectivity index (χ3v) is 2.93. The highest BCUT2D eigenvalue weighted by molar-refractivity contribution is 5.96. The van der Waals surface area contributed by atoms with Crippen LogP contribution >= 0.6 is 0 Å². The first-order chi connectivity index (χ1) is 8.34. The summed E-state index contributed by atoms with van der Waals surface area (Å²) in [5.41, 5.74) is 1.89. The van der Waals surface area contributed by atoms with Gasteiger partial charge in [0, 0.05) is 12.1 Å². The first-order valence-electron chi connectivity index (χ1n) is 5.47. The molecule has 1 aromatic heterocycles. The van der Waals surface area contributed by atoms with Crippen LogP contribution in [0.2, 0.25) is 0 Å². The topological polar surface area (TPSA) is 59.2 Å². The van der Waals surface area contributed by atoms with E-state index >= 15 is 0 Å². The van der Waals surface area contributed by atoms with Gasteiger partial charge >= 0.3 is 0 Å². The van der Waals surface area contributed by atoms with Gasteiger partial charge in [0.05, 0.1) is 6.54 Å². The predicted molar refractivity (Wildman–Crippen MR) is 59.2 cm³/mol. The first kappa shape index (κ1) is 10.0. The molecule has 0 N–H and O–H groups in total. The minimum Gasteiger partial charge on any atom is -0.343 e. The van der Waals surface area contributed by atoms with Gasteiger partial charge in [-0.15, -0.1) is 0 Å². The van der Waals surface area contributed by atoms with Gasteiger partial charge in [0.2, 0.25) is 6.39 Å². The number of benzene rings is 1. The number of carbonyl (C=O) groups excluding carboxylic acids is 1. The summed E-state index contributed by atoms with van der Waals surface area (Å²) >= 11 is 0. The van der Waals surface area contributed by atoms with E-state index in [9.17, 15) is 4.79 Å². The number of fused-ring (bicyclic) bond motifs is 1. The predicted octanol–water partition coefficient (Wildman–Crippen LogP) is 1.27. The van der Waals surface area contributed by atoms with Crippen LogP contribution in [-0.4, -0.2) is 27.5 Å². The Morgan fingerprint density at radius 2 is 2.24 bits per heavy atom. The van der Waals surface area contributed by atoms with Crippen LogP contribution in [0.4, 0.5) is 0 Å². The van der Waals surface area contributed by atoms with Crippen molar-refractivity contribution in [3.63, 3.8) is 0 Å². The zero-order valence-electron chi connectivity index (χ0n) is 9.17. The lowest BCUT2D eigenvalue weighted by molar-refractivity contribution is 0.0721. The molecular formula is C12H11N3O2. The summed E-state index contributed by atoms with van der Waals surface area (Å²) in [6.45, 7) is 1.11. The molecule has 0 saturated carbocycles. The third-order valence-electron chi connectivity index (χ3n) is 2.93. The second-order valence-electron chi connectivity index (χ2n) is 3.98. The van der Waals surface area contributed by atoms with Crippen LogP contribution < -0.4 is 0 Å². The van der Waals surface area contributed by atoms with Crippen LogP contribution in [0.1, 0.15) is 21.7 Å². The summed E-state index contributed by atoms with van der Waals surface area (Å²) < 4.78 is 4.66. The molecule has 0 spiro atoms. The van der Waals surface area contributed by atoms with Crippen LogP contribution in [0.3, 0.4) is 0 Å². The maximum absolute atomic E-state index is 12.2. The average Bonchev–Trinajstić information content (AvgIpc) is 2.86. The highest BCUT2D eigenvalue weighted by atomic mass is 16.5. The lowest BCUT2D eigenvalue weighted by Gasteiger charge is -2.27. The number of amides is 1. The van der Waals surface area contributed by atoms with Crippen molar-refractivity contribution in [1.29, 1.82) is 0 Å². The minimum absolute atomic E-state index is 0.0386. The minimum atomic E-state index is 0.0386. The summed E-state index contributed by atoms with van der Waals surface area (Å²) in [5, 5.41) is 3.72. The normalized spacial score (nSPS) is 14.8. The van der Waals surface area contributed by atoms with E-state index in [2.05, 4.69) is 14.7 Å². The second kappa shape index (κ2) is 4.01. The van der Waals surface area contributed by atoms with E-state index in [0.717, 1.165) is 17.5 Å². The molecular weight excluding hydrogens is 218 g/mol. The molecule has 0 aliphatic carbocycles. The van der Waals surface area contributed by atoms with E-state index in [0.29, 0.717) is 18.9 Å². The fraction of sp³-hybridized carbons (Fsp3) is 0.250. The van der Waals surface area contributed by atoms with Crippen LogP contribution in [0, 0.1) is 0 Å². The molecule has 2 heterocycles. The van der Waals surface area contributed by atoms with Gasteiger partial charge < -0.3 is 9.42 Å². The molecule has 0 radical (unpaired) electrons. The monoisotopic (exact) mass is 229 g/mol. The number of rotatable bonds is 2. The first-order valence-corrected chi connectivity index (χ1v) is 5.47. The highest BCUT2D eigenvalue weighted by Crippen LogP contribution is 2.19. The van der Waals surface area contributed by atoms with Crippen LogP contribution in [0.25, 0.3) is 0 Å². The molecule has 86 valence electrons. The van der Waals surface area contributed by atoms with E-state index in [1.807, 2.05) is 24.3 Å². The van der Waals surface area contributed by atoms with Crippen LogP contribution in [-0.2, 0) is 13.0 Å². The van der Waals surface area contributed by atoms with Gasteiger partial charge in [-0.25, -0.2) is 0 Å². The van der Waals surface area contributed by atoms with Gasteiger partial charge in [-0.2, -0.15) is 4.98 Å². The van der Waals surface area contributed by atoms with Gasteiger partial charge in [-0.1, -0.05) is 23.4 Å². The Bertz CT molecular complexity index is 536. The molecule has 1 amide bonds. The molecule has 0 unspecified atom stereocenters. The Labute approximate surface area is 98.0 Å². The molecule has 0 atom stereocenters. The standard InChI is InChI=1S/C12H11N3O2/c16-12-10-4-2-1-3-9(10)5-6-15(12)7-11-13-8-17-14-11/h1-4,8H,5-7H2. The van der Waals surface area contributed by atoms with Crippen molar-refractivity contribution in [2.45, 2.75) is 13.0 Å². The van der Waals surface area contributed by atoms with E-state index in [4.69, 9.17) is 0 Å². The smallest absolute Gasteiger partial charge is 0.254 e. The fourth-order valence-corrected chi connectivity index (χ4v) is 2.06. The summed E-state index contributed by atoms with van der Waals surface area (Å²) in [4.78, 5) is 17.9. The van der Waals surface area contributed by atoms with Gasteiger partial charge in [0.15, 0.2) is 5.82 Å². The van der Waals surface area contributed by atoms with Crippen molar-refractivity contribution in [1.82, 2.24) is 15.0 Å². The van der Waals surface area contributed by atoms with Crippen molar-refractivity contribution < 1.29 is 9.32 Å². The summed E-state index contributed by atoms with van der Waals surface area (Å²) in [6.07, 6.45) is 2.15. The Morgan fingerprint density at radius 3 is 3.06 bits per heavy atom. The Kier molecular flexibility index (Phi) is 2.36. The molecule has 1 aliphatic heterocycles. The highest BCUT2D eigenvalue weighted by Gasteiger charge is 2.24. The molecule has 0 fully saturated rings. The maximum Gasteiger partial charge on any atom is 0.254 e. The van der Waals surface area contributed by atoms with E-state index in [1.54, 1.807) is 4.90 Å². The van der Waals surface area contributed by atoms with Crippen molar-refractivity contribution in [3.8, 4) is 0 Å². The van der Waals surface area contributed by atoms with Crippen molar-refractivity contribution in [2.24, 2.45) is 0 Å². The lowest BCUT2D eigenvalue weighted by Crippen LogP contribution is -2.37. The van der Waals surface area contributed by atoms with E-state index in [-0.39, 0.29) is 5.91 Å². The molecule has 5 nitrogen and oxygen atoms in total. The summed E-state index contributed by atoms with van der Waals surface area (Å²) in [7, 11) is 0. The number of aromatic nitrogens is 2. The molecule has 17 heavy (non-hydrogen) atoms. The largest absolute Gasteiger partial charge is 0.343 e. The number of hydrogen-bond acceptors (Lipinski definition) is 4. The average molecular weight is 229 g/mol. The number of carbonyl (C=O) groups is 1. The molecule has 5 heteroatoms. The van der Waals surface area contributed by atoms with Gasteiger partial charge in [-0.3, -0.25) is 4.79 Å². The lowest BCUT2D eigenvalue weighted by atomic mass is 9.99. The quantitative estimate of drug-likeness (QED) is 0.778. The molecule has 1 aromatic carbocycles. The van der Waals surface area contributed by atoms with Gasteiger partial charge in [0.1, 0.15) is 0 Å². The van der Waals surface area contributed by atoms with Crippen molar-refractivity contribution in [2.75, 3.05) is 6.54 Å². The number of nitrogens with zero attached hydrogens (tertiary/aromatic N) is 3. The molecule has 3 rings (SSSR count).